The Kier molecular flexibility index (Phi) is 4.32. The van der Waals surface area contributed by atoms with Gasteiger partial charge >= 0.3 is 5.69 Å². The van der Waals surface area contributed by atoms with E-state index in [2.05, 4.69) is 21.2 Å². The van der Waals surface area contributed by atoms with Crippen LogP contribution in [0, 0.1) is 22.9 Å². The summed E-state index contributed by atoms with van der Waals surface area (Å²) in [6.45, 7) is 1.84. The van der Waals surface area contributed by atoms with E-state index in [4.69, 9.17) is 0 Å². The van der Waals surface area contributed by atoms with Crippen molar-refractivity contribution in [2.75, 3.05) is 5.32 Å². The number of nitrogens with zero attached hydrogens (tertiary/aromatic N) is 1. The van der Waals surface area contributed by atoms with E-state index in [1.807, 2.05) is 6.92 Å². The monoisotopic (exact) mass is 352 g/mol. The van der Waals surface area contributed by atoms with Gasteiger partial charge in [-0.05, 0) is 42.8 Å². The van der Waals surface area contributed by atoms with Gasteiger partial charge in [-0.25, -0.2) is 0 Å². The molecule has 2 aromatic rings. The van der Waals surface area contributed by atoms with Crippen LogP contribution in [-0.4, -0.2) is 10.8 Å². The molecule has 0 unspecified atom stereocenters. The van der Waals surface area contributed by atoms with Crippen molar-refractivity contribution in [1.82, 2.24) is 0 Å². The summed E-state index contributed by atoms with van der Waals surface area (Å²) in [5.74, 6) is -1.37. The first-order valence-corrected chi connectivity index (χ1v) is 6.69. The van der Waals surface area contributed by atoms with E-state index >= 15 is 0 Å². The second-order valence-corrected chi connectivity index (χ2v) is 5.20. The molecular weight excluding hydrogens is 343 g/mol. The number of hydrogen-bond donors (Lipinski definition) is 1. The topological polar surface area (TPSA) is 72.2 Å². The van der Waals surface area contributed by atoms with E-state index in [1.165, 1.54) is 6.07 Å². The lowest BCUT2D eigenvalue weighted by Crippen LogP contribution is -2.12. The van der Waals surface area contributed by atoms with Gasteiger partial charge in [0, 0.05) is 21.8 Å². The summed E-state index contributed by atoms with van der Waals surface area (Å²) in [5, 5.41) is 13.2. The molecule has 0 aliphatic heterocycles. The predicted octanol–water partition coefficient (Wildman–Crippen LogP) is 4.06. The molecule has 0 spiro atoms. The molecule has 5 nitrogen and oxygen atoms in total. The van der Waals surface area contributed by atoms with Crippen molar-refractivity contribution < 1.29 is 14.1 Å². The van der Waals surface area contributed by atoms with Crippen LogP contribution in [0.1, 0.15) is 15.9 Å². The van der Waals surface area contributed by atoms with Crippen LogP contribution in [0.4, 0.5) is 15.8 Å². The van der Waals surface area contributed by atoms with E-state index in [-0.39, 0.29) is 5.69 Å². The summed E-state index contributed by atoms with van der Waals surface area (Å²) < 4.78 is 14.1. The fraction of sp³-hybridized carbons (Fsp3) is 0.0714. The van der Waals surface area contributed by atoms with Gasteiger partial charge in [-0.3, -0.25) is 14.9 Å². The maximum Gasteiger partial charge on any atom is 0.306 e. The average molecular weight is 353 g/mol. The standard InChI is InChI=1S/C14H10BrFN2O3/c1-8-6-9(2-4-11(8)15)14(19)17-10-3-5-12(16)13(7-10)18(20)21/h2-7H,1H3,(H,17,19). The molecule has 0 aliphatic carbocycles. The van der Waals surface area contributed by atoms with Gasteiger partial charge in [-0.1, -0.05) is 15.9 Å². The Morgan fingerprint density at radius 1 is 1.29 bits per heavy atom. The van der Waals surface area contributed by atoms with E-state index in [0.29, 0.717) is 5.56 Å². The molecule has 0 saturated carbocycles. The maximum atomic E-state index is 13.2. The molecule has 0 aromatic heterocycles. The number of halogens is 2. The van der Waals surface area contributed by atoms with E-state index < -0.39 is 22.3 Å². The second kappa shape index (κ2) is 6.01. The molecular formula is C14H10BrFN2O3. The minimum Gasteiger partial charge on any atom is -0.322 e. The zero-order chi connectivity index (χ0) is 15.6. The smallest absolute Gasteiger partial charge is 0.306 e. The van der Waals surface area contributed by atoms with E-state index in [1.54, 1.807) is 18.2 Å². The molecule has 1 amide bonds. The molecule has 21 heavy (non-hydrogen) atoms. The minimum absolute atomic E-state index is 0.161. The van der Waals surface area contributed by atoms with Crippen LogP contribution in [0.25, 0.3) is 0 Å². The number of carbonyl (C=O) groups is 1. The quantitative estimate of drug-likeness (QED) is 0.668. The first-order chi connectivity index (χ1) is 9.88. The molecule has 2 rings (SSSR count). The summed E-state index contributed by atoms with van der Waals surface area (Å²) in [6, 6.07) is 8.23. The van der Waals surface area contributed by atoms with E-state index in [0.717, 1.165) is 22.2 Å². The van der Waals surface area contributed by atoms with Gasteiger partial charge in [0.25, 0.3) is 5.91 Å². The Morgan fingerprint density at radius 2 is 2.00 bits per heavy atom. The van der Waals surface area contributed by atoms with Crippen molar-refractivity contribution in [1.29, 1.82) is 0 Å². The van der Waals surface area contributed by atoms with Crippen molar-refractivity contribution in [2.45, 2.75) is 6.92 Å². The average Bonchev–Trinajstić information content (AvgIpc) is 2.43. The molecule has 0 fully saturated rings. The van der Waals surface area contributed by atoms with Crippen molar-refractivity contribution in [3.63, 3.8) is 0 Å². The normalized spacial score (nSPS) is 10.2. The number of amides is 1. The maximum absolute atomic E-state index is 13.2. The Labute approximate surface area is 128 Å². The number of nitro benzene ring substituents is 1. The molecule has 7 heteroatoms. The molecule has 0 atom stereocenters. The number of benzene rings is 2. The SMILES string of the molecule is Cc1cc(C(=O)Nc2ccc(F)c([N+](=O)[O-])c2)ccc1Br. The first-order valence-electron chi connectivity index (χ1n) is 5.90. The molecule has 0 aliphatic rings. The fourth-order valence-corrected chi connectivity index (χ4v) is 1.97. The molecule has 108 valence electrons. The van der Waals surface area contributed by atoms with Gasteiger partial charge in [-0.2, -0.15) is 4.39 Å². The number of hydrogen-bond acceptors (Lipinski definition) is 3. The van der Waals surface area contributed by atoms with Crippen LogP contribution in [-0.2, 0) is 0 Å². The predicted molar refractivity (Wildman–Crippen MR) is 79.9 cm³/mol. The van der Waals surface area contributed by atoms with Gasteiger partial charge < -0.3 is 5.32 Å². The summed E-state index contributed by atoms with van der Waals surface area (Å²) in [4.78, 5) is 21.9. The van der Waals surface area contributed by atoms with Gasteiger partial charge in [-0.15, -0.1) is 0 Å². The number of nitrogens with one attached hydrogen (secondary N) is 1. The highest BCUT2D eigenvalue weighted by molar-refractivity contribution is 9.10. The Hall–Kier alpha value is -2.28. The third kappa shape index (κ3) is 3.43. The Morgan fingerprint density at radius 3 is 2.62 bits per heavy atom. The highest BCUT2D eigenvalue weighted by Crippen LogP contribution is 2.23. The van der Waals surface area contributed by atoms with Gasteiger partial charge in [0.2, 0.25) is 5.82 Å². The Bertz CT molecular complexity index is 734. The number of nitro groups is 1. The lowest BCUT2D eigenvalue weighted by atomic mass is 10.1. The zero-order valence-electron chi connectivity index (χ0n) is 10.9. The summed E-state index contributed by atoms with van der Waals surface area (Å²) in [5.41, 5.74) is 0.767. The molecule has 1 N–H and O–H groups in total. The van der Waals surface area contributed by atoms with Crippen molar-refractivity contribution >= 4 is 33.2 Å². The van der Waals surface area contributed by atoms with Crippen LogP contribution in [0.2, 0.25) is 0 Å². The largest absolute Gasteiger partial charge is 0.322 e. The zero-order valence-corrected chi connectivity index (χ0v) is 12.5. The number of carbonyl (C=O) groups excluding carboxylic acids is 1. The Balaban J connectivity index is 2.25. The molecule has 0 bridgehead atoms. The minimum atomic E-state index is -0.947. The molecule has 0 radical (unpaired) electrons. The van der Waals surface area contributed by atoms with Crippen molar-refractivity contribution in [3.05, 3.63) is 67.9 Å². The third-order valence-electron chi connectivity index (χ3n) is 2.82. The van der Waals surface area contributed by atoms with Crippen LogP contribution in [0.5, 0.6) is 0 Å². The van der Waals surface area contributed by atoms with Gasteiger partial charge in [0.05, 0.1) is 4.92 Å². The van der Waals surface area contributed by atoms with Gasteiger partial charge in [0.15, 0.2) is 0 Å². The van der Waals surface area contributed by atoms with Crippen LogP contribution >= 0.6 is 15.9 Å². The summed E-state index contributed by atoms with van der Waals surface area (Å²) >= 11 is 3.33. The first kappa shape index (κ1) is 15.1. The summed E-state index contributed by atoms with van der Waals surface area (Å²) in [7, 11) is 0. The van der Waals surface area contributed by atoms with Crippen LogP contribution < -0.4 is 5.32 Å². The van der Waals surface area contributed by atoms with E-state index in [9.17, 15) is 19.3 Å². The van der Waals surface area contributed by atoms with Gasteiger partial charge in [0.1, 0.15) is 0 Å². The highest BCUT2D eigenvalue weighted by atomic mass is 79.9. The molecule has 0 heterocycles. The van der Waals surface area contributed by atoms with Crippen LogP contribution in [0.15, 0.2) is 40.9 Å². The van der Waals surface area contributed by atoms with Crippen molar-refractivity contribution in [3.8, 4) is 0 Å². The lowest BCUT2D eigenvalue weighted by Gasteiger charge is -2.07. The molecule has 0 saturated heterocycles. The number of anilines is 1. The fourth-order valence-electron chi connectivity index (χ4n) is 1.72. The third-order valence-corrected chi connectivity index (χ3v) is 3.71. The van der Waals surface area contributed by atoms with Crippen LogP contribution in [0.3, 0.4) is 0 Å². The summed E-state index contributed by atoms with van der Waals surface area (Å²) in [6.07, 6.45) is 0. The van der Waals surface area contributed by atoms with Crippen molar-refractivity contribution in [2.24, 2.45) is 0 Å². The second-order valence-electron chi connectivity index (χ2n) is 4.34. The lowest BCUT2D eigenvalue weighted by molar-refractivity contribution is -0.387. The number of aryl methyl sites for hydroxylation is 1. The highest BCUT2D eigenvalue weighted by Gasteiger charge is 2.16. The number of rotatable bonds is 3. The molecule has 2 aromatic carbocycles.